The summed E-state index contributed by atoms with van der Waals surface area (Å²) in [6, 6.07) is 21.1. The van der Waals surface area contributed by atoms with Gasteiger partial charge in [-0.2, -0.15) is 18.3 Å². The number of H-pyrrole nitrogens is 1. The Morgan fingerprint density at radius 2 is 1.71 bits per heavy atom. The highest BCUT2D eigenvalue weighted by Gasteiger charge is 2.33. The van der Waals surface area contributed by atoms with E-state index < -0.39 is 11.7 Å². The molecule has 218 valence electrons. The minimum absolute atomic E-state index is 0.00116. The lowest BCUT2D eigenvalue weighted by molar-refractivity contribution is -0.137. The third-order valence-corrected chi connectivity index (χ3v) is 8.41. The number of benzene rings is 3. The first kappa shape index (κ1) is 28.0. The van der Waals surface area contributed by atoms with Crippen molar-refractivity contribution in [3.05, 3.63) is 83.9 Å². The standard InChI is InChI=1S/C32H32F3N5O2/c33-32(34,35)25-8-4-7-23(17-25)21-12-15-40(16-13-21)29(41)20-39-14-11-24(19-39)31(42)36-26-9-10-28-27(18-26)30(38-37-28)22-5-2-1-3-6-22/h1-10,17-18,21,24H,11-16,19-20H2,(H,36,42)(H,37,38)/t24-/m1/s1. The van der Waals surface area contributed by atoms with Gasteiger partial charge in [0, 0.05) is 36.3 Å². The molecule has 0 bridgehead atoms. The van der Waals surface area contributed by atoms with Gasteiger partial charge in [-0.3, -0.25) is 19.6 Å². The zero-order valence-electron chi connectivity index (χ0n) is 23.0. The van der Waals surface area contributed by atoms with E-state index in [1.54, 1.807) is 11.0 Å². The number of carbonyl (C=O) groups excluding carboxylic acids is 2. The third-order valence-electron chi connectivity index (χ3n) is 8.41. The maximum Gasteiger partial charge on any atom is 0.416 e. The van der Waals surface area contributed by atoms with Gasteiger partial charge in [0.25, 0.3) is 0 Å². The summed E-state index contributed by atoms with van der Waals surface area (Å²) < 4.78 is 39.3. The molecule has 1 aromatic heterocycles. The van der Waals surface area contributed by atoms with Crippen LogP contribution in [0.3, 0.4) is 0 Å². The Labute approximate surface area is 241 Å². The van der Waals surface area contributed by atoms with Crippen molar-refractivity contribution in [2.45, 2.75) is 31.4 Å². The number of alkyl halides is 3. The lowest BCUT2D eigenvalue weighted by Crippen LogP contribution is -2.43. The van der Waals surface area contributed by atoms with Crippen LogP contribution in [0.25, 0.3) is 22.2 Å². The average Bonchev–Trinajstić information content (AvgIpc) is 3.64. The number of aromatic amines is 1. The Morgan fingerprint density at radius 1 is 0.929 bits per heavy atom. The Hall–Kier alpha value is -4.18. The van der Waals surface area contributed by atoms with Gasteiger partial charge in [0.1, 0.15) is 0 Å². The monoisotopic (exact) mass is 575 g/mol. The molecule has 4 aromatic rings. The van der Waals surface area contributed by atoms with Gasteiger partial charge in [-0.05, 0) is 61.6 Å². The smallest absolute Gasteiger partial charge is 0.342 e. The molecule has 0 radical (unpaired) electrons. The summed E-state index contributed by atoms with van der Waals surface area (Å²) >= 11 is 0. The third kappa shape index (κ3) is 6.04. The summed E-state index contributed by atoms with van der Waals surface area (Å²) in [6.07, 6.45) is -2.44. The number of carbonyl (C=O) groups is 2. The van der Waals surface area contributed by atoms with Gasteiger partial charge in [-0.25, -0.2) is 0 Å². The van der Waals surface area contributed by atoms with Gasteiger partial charge in [0.15, 0.2) is 0 Å². The highest BCUT2D eigenvalue weighted by atomic mass is 19.4. The van der Waals surface area contributed by atoms with Gasteiger partial charge in [0.2, 0.25) is 11.8 Å². The Bertz CT molecular complexity index is 1580. The zero-order valence-corrected chi connectivity index (χ0v) is 23.0. The van der Waals surface area contributed by atoms with Crippen molar-refractivity contribution in [2.75, 3.05) is 38.0 Å². The SMILES string of the molecule is O=C(Nc1ccc2[nH]nc(-c3ccccc3)c2c1)[C@@H]1CCN(CC(=O)N2CCC(c3cccc(C(F)(F)F)c3)CC2)C1. The van der Waals surface area contributed by atoms with Crippen molar-refractivity contribution in [3.63, 3.8) is 0 Å². The van der Waals surface area contributed by atoms with E-state index in [0.717, 1.165) is 28.2 Å². The molecule has 7 nitrogen and oxygen atoms in total. The Balaban J connectivity index is 1.00. The van der Waals surface area contributed by atoms with Crippen LogP contribution >= 0.6 is 0 Å². The van der Waals surface area contributed by atoms with Crippen LogP contribution in [-0.2, 0) is 15.8 Å². The predicted molar refractivity (Wildman–Crippen MR) is 155 cm³/mol. The summed E-state index contributed by atoms with van der Waals surface area (Å²) in [4.78, 5) is 29.9. The lowest BCUT2D eigenvalue weighted by atomic mass is 9.88. The summed E-state index contributed by atoms with van der Waals surface area (Å²) in [5, 5.41) is 11.5. The Morgan fingerprint density at radius 3 is 2.48 bits per heavy atom. The molecule has 2 amide bonds. The van der Waals surface area contributed by atoms with E-state index in [9.17, 15) is 22.8 Å². The lowest BCUT2D eigenvalue weighted by Gasteiger charge is -2.33. The number of halogens is 3. The summed E-state index contributed by atoms with van der Waals surface area (Å²) in [5.74, 6) is -0.298. The van der Waals surface area contributed by atoms with Crippen LogP contribution in [0.1, 0.15) is 36.3 Å². The first-order chi connectivity index (χ1) is 20.2. The number of hydrogen-bond donors (Lipinski definition) is 2. The van der Waals surface area contributed by atoms with Crippen LogP contribution in [0, 0.1) is 5.92 Å². The number of anilines is 1. The fraction of sp³-hybridized carbons (Fsp3) is 0.344. The quantitative estimate of drug-likeness (QED) is 0.299. The molecular formula is C32H32F3N5O2. The molecule has 0 unspecified atom stereocenters. The fourth-order valence-corrected chi connectivity index (χ4v) is 6.06. The van der Waals surface area contributed by atoms with Crippen LogP contribution in [0.5, 0.6) is 0 Å². The van der Waals surface area contributed by atoms with Crippen LogP contribution in [0.4, 0.5) is 18.9 Å². The fourth-order valence-electron chi connectivity index (χ4n) is 6.06. The van der Waals surface area contributed by atoms with Crippen molar-refractivity contribution < 1.29 is 22.8 Å². The van der Waals surface area contributed by atoms with Gasteiger partial charge in [0.05, 0.1) is 29.2 Å². The maximum absolute atomic E-state index is 13.1. The molecule has 0 spiro atoms. The molecule has 2 aliphatic rings. The number of rotatable bonds is 6. The van der Waals surface area contributed by atoms with Crippen molar-refractivity contribution in [1.29, 1.82) is 0 Å². The van der Waals surface area contributed by atoms with Crippen LogP contribution in [0.15, 0.2) is 72.8 Å². The molecule has 3 aromatic carbocycles. The van der Waals surface area contributed by atoms with E-state index in [-0.39, 0.29) is 30.2 Å². The van der Waals surface area contributed by atoms with Gasteiger partial charge < -0.3 is 10.2 Å². The largest absolute Gasteiger partial charge is 0.416 e. The van der Waals surface area contributed by atoms with Gasteiger partial charge in [-0.1, -0.05) is 48.5 Å². The van der Waals surface area contributed by atoms with E-state index in [4.69, 9.17) is 0 Å². The highest BCUT2D eigenvalue weighted by molar-refractivity contribution is 5.99. The second-order valence-electron chi connectivity index (χ2n) is 11.2. The number of aromatic nitrogens is 2. The molecule has 0 saturated carbocycles. The number of piperidine rings is 1. The topological polar surface area (TPSA) is 81.3 Å². The molecule has 1 atom stereocenters. The molecule has 2 N–H and O–H groups in total. The van der Waals surface area contributed by atoms with E-state index in [1.165, 1.54) is 12.1 Å². The molecule has 42 heavy (non-hydrogen) atoms. The van der Waals surface area contributed by atoms with E-state index in [1.807, 2.05) is 53.4 Å². The second kappa shape index (κ2) is 11.6. The summed E-state index contributed by atoms with van der Waals surface area (Å²) in [7, 11) is 0. The minimum atomic E-state index is -4.36. The number of amides is 2. The van der Waals surface area contributed by atoms with Crippen molar-refractivity contribution in [1.82, 2.24) is 20.0 Å². The maximum atomic E-state index is 13.1. The number of nitrogens with zero attached hydrogens (tertiary/aromatic N) is 3. The van der Waals surface area contributed by atoms with Crippen LogP contribution in [0.2, 0.25) is 0 Å². The molecule has 2 fully saturated rings. The molecule has 6 rings (SSSR count). The number of fused-ring (bicyclic) bond motifs is 1. The average molecular weight is 576 g/mol. The predicted octanol–water partition coefficient (Wildman–Crippen LogP) is 5.92. The number of hydrogen-bond acceptors (Lipinski definition) is 4. The molecular weight excluding hydrogens is 543 g/mol. The number of nitrogens with one attached hydrogen (secondary N) is 2. The van der Waals surface area contributed by atoms with Crippen molar-refractivity contribution in [3.8, 4) is 11.3 Å². The molecule has 2 saturated heterocycles. The van der Waals surface area contributed by atoms with E-state index in [2.05, 4.69) is 15.5 Å². The Kier molecular flexibility index (Phi) is 7.72. The molecule has 10 heteroatoms. The highest BCUT2D eigenvalue weighted by Crippen LogP contribution is 2.34. The van der Waals surface area contributed by atoms with Crippen LogP contribution < -0.4 is 5.32 Å². The summed E-state index contributed by atoms with van der Waals surface area (Å²) in [5.41, 5.74) is 3.44. The zero-order chi connectivity index (χ0) is 29.3. The molecule has 0 aliphatic carbocycles. The van der Waals surface area contributed by atoms with Gasteiger partial charge in [-0.15, -0.1) is 0 Å². The van der Waals surface area contributed by atoms with E-state index >= 15 is 0 Å². The molecule has 3 heterocycles. The van der Waals surface area contributed by atoms with E-state index in [0.29, 0.717) is 56.7 Å². The first-order valence-electron chi connectivity index (χ1n) is 14.3. The first-order valence-corrected chi connectivity index (χ1v) is 14.3. The van der Waals surface area contributed by atoms with Gasteiger partial charge >= 0.3 is 6.18 Å². The summed E-state index contributed by atoms with van der Waals surface area (Å²) in [6.45, 7) is 2.42. The van der Waals surface area contributed by atoms with Crippen molar-refractivity contribution in [2.24, 2.45) is 5.92 Å². The second-order valence-corrected chi connectivity index (χ2v) is 11.2. The normalized spacial score (nSPS) is 18.5. The number of likely N-dealkylation sites (tertiary alicyclic amines) is 2. The molecule has 2 aliphatic heterocycles. The van der Waals surface area contributed by atoms with Crippen molar-refractivity contribution >= 4 is 28.4 Å². The minimum Gasteiger partial charge on any atom is -0.342 e. The van der Waals surface area contributed by atoms with Crippen LogP contribution in [-0.4, -0.2) is 64.5 Å².